The number of carbonyl (C=O) groups excluding carboxylic acids is 1. The van der Waals surface area contributed by atoms with Crippen LogP contribution in [-0.4, -0.2) is 32.6 Å². The molecule has 0 amide bonds. The molecular formula is C11H14N4O3S. The number of thioether (sulfide) groups is 1. The van der Waals surface area contributed by atoms with Crippen LogP contribution in [0, 0.1) is 0 Å². The Bertz CT molecular complexity index is 552. The molecule has 2 aromatic rings. The summed E-state index contributed by atoms with van der Waals surface area (Å²) in [6.45, 7) is 4.85. The molecule has 0 unspecified atom stereocenters. The molecule has 0 bridgehead atoms. The maximum atomic E-state index is 11.3. The first kappa shape index (κ1) is 13.6. The van der Waals surface area contributed by atoms with E-state index in [1.807, 2.05) is 17.8 Å². The van der Waals surface area contributed by atoms with Crippen LogP contribution in [-0.2, 0) is 17.0 Å². The van der Waals surface area contributed by atoms with E-state index in [2.05, 4.69) is 15.3 Å². The van der Waals surface area contributed by atoms with Gasteiger partial charge < -0.3 is 9.15 Å². The molecule has 2 heterocycles. The number of aromatic nitrogens is 4. The zero-order valence-corrected chi connectivity index (χ0v) is 11.5. The van der Waals surface area contributed by atoms with E-state index in [9.17, 15) is 4.79 Å². The van der Waals surface area contributed by atoms with Crippen molar-refractivity contribution in [2.24, 2.45) is 0 Å². The van der Waals surface area contributed by atoms with Crippen LogP contribution in [0.4, 0.5) is 0 Å². The van der Waals surface area contributed by atoms with Crippen LogP contribution in [0.5, 0.6) is 0 Å². The summed E-state index contributed by atoms with van der Waals surface area (Å²) in [5.74, 6) is -0.0565. The van der Waals surface area contributed by atoms with Crippen molar-refractivity contribution in [2.45, 2.75) is 31.4 Å². The lowest BCUT2D eigenvalue weighted by Crippen LogP contribution is -2.04. The Hall–Kier alpha value is -1.83. The summed E-state index contributed by atoms with van der Waals surface area (Å²) in [7, 11) is 0. The highest BCUT2D eigenvalue weighted by molar-refractivity contribution is 7.98. The van der Waals surface area contributed by atoms with Gasteiger partial charge in [-0.2, -0.15) is 5.10 Å². The van der Waals surface area contributed by atoms with Crippen molar-refractivity contribution in [2.75, 3.05) is 6.61 Å². The molecule has 0 spiro atoms. The zero-order chi connectivity index (χ0) is 13.7. The van der Waals surface area contributed by atoms with E-state index in [4.69, 9.17) is 9.15 Å². The van der Waals surface area contributed by atoms with Gasteiger partial charge in [0.2, 0.25) is 0 Å². The molecule has 0 aromatic carbocycles. The molecule has 0 aliphatic heterocycles. The molecule has 0 saturated carbocycles. The second-order valence-electron chi connectivity index (χ2n) is 3.59. The van der Waals surface area contributed by atoms with E-state index < -0.39 is 5.97 Å². The average Bonchev–Trinajstić information content (AvgIpc) is 3.06. The van der Waals surface area contributed by atoms with Gasteiger partial charge in [-0.1, -0.05) is 16.9 Å². The van der Waals surface area contributed by atoms with Gasteiger partial charge >= 0.3 is 11.9 Å². The summed E-state index contributed by atoms with van der Waals surface area (Å²) in [5, 5.41) is 11.9. The van der Waals surface area contributed by atoms with Crippen LogP contribution in [0.25, 0.3) is 0 Å². The van der Waals surface area contributed by atoms with Gasteiger partial charge in [0.25, 0.3) is 5.22 Å². The van der Waals surface area contributed by atoms with Gasteiger partial charge in [-0.15, -0.1) is 5.10 Å². The molecule has 8 heteroatoms. The van der Waals surface area contributed by atoms with Crippen molar-refractivity contribution in [1.82, 2.24) is 20.0 Å². The van der Waals surface area contributed by atoms with E-state index in [-0.39, 0.29) is 12.5 Å². The third-order valence-electron chi connectivity index (χ3n) is 2.23. The topological polar surface area (TPSA) is 83.0 Å². The zero-order valence-electron chi connectivity index (χ0n) is 10.7. The minimum Gasteiger partial charge on any atom is -0.459 e. The molecule has 0 fully saturated rings. The van der Waals surface area contributed by atoms with Gasteiger partial charge in [0, 0.05) is 24.1 Å². The Kier molecular flexibility index (Phi) is 4.56. The van der Waals surface area contributed by atoms with Gasteiger partial charge in [0.05, 0.1) is 12.8 Å². The molecule has 0 radical (unpaired) electrons. The Morgan fingerprint density at radius 1 is 1.47 bits per heavy atom. The van der Waals surface area contributed by atoms with Gasteiger partial charge in [0.15, 0.2) is 0 Å². The molecule has 0 aliphatic rings. The van der Waals surface area contributed by atoms with Gasteiger partial charge in [0.1, 0.15) is 0 Å². The van der Waals surface area contributed by atoms with Crippen molar-refractivity contribution in [1.29, 1.82) is 0 Å². The number of ether oxygens (including phenoxy) is 1. The lowest BCUT2D eigenvalue weighted by molar-refractivity contribution is 0.0475. The first-order valence-corrected chi connectivity index (χ1v) is 6.86. The van der Waals surface area contributed by atoms with Crippen LogP contribution in [0.2, 0.25) is 0 Å². The van der Waals surface area contributed by atoms with Gasteiger partial charge in [-0.25, -0.2) is 4.79 Å². The third kappa shape index (κ3) is 3.57. The van der Waals surface area contributed by atoms with Crippen LogP contribution >= 0.6 is 11.8 Å². The van der Waals surface area contributed by atoms with Crippen LogP contribution < -0.4 is 0 Å². The van der Waals surface area contributed by atoms with E-state index in [1.54, 1.807) is 13.1 Å². The maximum absolute atomic E-state index is 11.3. The van der Waals surface area contributed by atoms with Crippen molar-refractivity contribution in [3.05, 3.63) is 23.8 Å². The fourth-order valence-corrected chi connectivity index (χ4v) is 2.02. The highest BCUT2D eigenvalue weighted by Gasteiger charge is 2.16. The smallest absolute Gasteiger partial charge is 0.396 e. The molecule has 0 atom stereocenters. The molecule has 2 aromatic heterocycles. The number of esters is 1. The Balaban J connectivity index is 1.91. The molecule has 0 N–H and O–H groups in total. The summed E-state index contributed by atoms with van der Waals surface area (Å²) in [4.78, 5) is 11.3. The SMILES string of the molecule is CCOC(=O)c1nnc(SCc2cnn(CC)c2)o1. The summed E-state index contributed by atoms with van der Waals surface area (Å²) < 4.78 is 11.8. The molecule has 19 heavy (non-hydrogen) atoms. The number of aryl methyl sites for hydroxylation is 1. The molecule has 102 valence electrons. The van der Waals surface area contributed by atoms with E-state index in [1.165, 1.54) is 11.8 Å². The second-order valence-corrected chi connectivity index (χ2v) is 4.51. The maximum Gasteiger partial charge on any atom is 0.396 e. The first-order chi connectivity index (χ1) is 9.22. The van der Waals surface area contributed by atoms with Crippen molar-refractivity contribution in [3.63, 3.8) is 0 Å². The predicted octanol–water partition coefficient (Wildman–Crippen LogP) is 1.75. The molecule has 7 nitrogen and oxygen atoms in total. The van der Waals surface area contributed by atoms with Crippen LogP contribution in [0.15, 0.2) is 22.0 Å². The largest absolute Gasteiger partial charge is 0.459 e. The predicted molar refractivity (Wildman–Crippen MR) is 67.7 cm³/mol. The minimum absolute atomic E-state index is 0.117. The van der Waals surface area contributed by atoms with Gasteiger partial charge in [-0.05, 0) is 13.8 Å². The third-order valence-corrected chi connectivity index (χ3v) is 3.12. The van der Waals surface area contributed by atoms with Crippen LogP contribution in [0.3, 0.4) is 0 Å². The average molecular weight is 282 g/mol. The van der Waals surface area contributed by atoms with Gasteiger partial charge in [-0.3, -0.25) is 4.68 Å². The fourth-order valence-electron chi connectivity index (χ4n) is 1.34. The number of rotatable bonds is 6. The first-order valence-electron chi connectivity index (χ1n) is 5.87. The molecular weight excluding hydrogens is 268 g/mol. The molecule has 0 aliphatic carbocycles. The highest BCUT2D eigenvalue weighted by Crippen LogP contribution is 2.21. The second kappa shape index (κ2) is 6.37. The van der Waals surface area contributed by atoms with Crippen molar-refractivity contribution < 1.29 is 13.9 Å². The number of hydrogen-bond donors (Lipinski definition) is 0. The lowest BCUT2D eigenvalue weighted by atomic mass is 10.4. The Morgan fingerprint density at radius 3 is 3.00 bits per heavy atom. The highest BCUT2D eigenvalue weighted by atomic mass is 32.2. The number of hydrogen-bond acceptors (Lipinski definition) is 7. The molecule has 2 rings (SSSR count). The number of nitrogens with zero attached hydrogens (tertiary/aromatic N) is 4. The number of carbonyl (C=O) groups is 1. The van der Waals surface area contributed by atoms with Crippen LogP contribution in [0.1, 0.15) is 30.1 Å². The molecule has 0 saturated heterocycles. The van der Waals surface area contributed by atoms with E-state index >= 15 is 0 Å². The Labute approximate surface area is 114 Å². The van der Waals surface area contributed by atoms with Crippen molar-refractivity contribution >= 4 is 17.7 Å². The van der Waals surface area contributed by atoms with E-state index in [0.717, 1.165) is 12.1 Å². The Morgan fingerprint density at radius 2 is 2.32 bits per heavy atom. The fraction of sp³-hybridized carbons (Fsp3) is 0.455. The summed E-state index contributed by atoms with van der Waals surface area (Å²) in [6, 6.07) is 0. The normalized spacial score (nSPS) is 10.6. The van der Waals surface area contributed by atoms with Crippen molar-refractivity contribution in [3.8, 4) is 0 Å². The standard InChI is InChI=1S/C11H14N4O3S/c1-3-15-6-8(5-12-15)7-19-11-14-13-9(18-11)10(16)17-4-2/h5-6H,3-4,7H2,1-2H3. The summed E-state index contributed by atoms with van der Waals surface area (Å²) >= 11 is 1.35. The minimum atomic E-state index is -0.597. The summed E-state index contributed by atoms with van der Waals surface area (Å²) in [6.07, 6.45) is 3.74. The van der Waals surface area contributed by atoms with E-state index in [0.29, 0.717) is 11.0 Å². The quantitative estimate of drug-likeness (QED) is 0.589. The lowest BCUT2D eigenvalue weighted by Gasteiger charge is -1.95. The summed E-state index contributed by atoms with van der Waals surface area (Å²) in [5.41, 5.74) is 1.06. The monoisotopic (exact) mass is 282 g/mol.